The van der Waals surface area contributed by atoms with Crippen LogP contribution >= 0.6 is 0 Å². The summed E-state index contributed by atoms with van der Waals surface area (Å²) in [7, 11) is 1.91. The number of anilines is 1. The van der Waals surface area contributed by atoms with E-state index in [4.69, 9.17) is 5.73 Å². The summed E-state index contributed by atoms with van der Waals surface area (Å²) in [4.78, 5) is 0. The molecule has 0 radical (unpaired) electrons. The van der Waals surface area contributed by atoms with Crippen molar-refractivity contribution in [1.82, 2.24) is 9.78 Å². The largest absolute Gasteiger partial charge is 0.368 e. The van der Waals surface area contributed by atoms with Gasteiger partial charge in [-0.1, -0.05) is 13.8 Å². The van der Waals surface area contributed by atoms with Gasteiger partial charge in [0.1, 0.15) is 5.82 Å². The van der Waals surface area contributed by atoms with Gasteiger partial charge in [-0.15, -0.1) is 0 Å². The minimum Gasteiger partial charge on any atom is -0.368 e. The van der Waals surface area contributed by atoms with Crippen LogP contribution in [-0.2, 0) is 7.05 Å². The van der Waals surface area contributed by atoms with Crippen LogP contribution in [0, 0.1) is 11.8 Å². The molecular formula is C10H20N4. The Morgan fingerprint density at radius 1 is 1.57 bits per heavy atom. The van der Waals surface area contributed by atoms with Crippen molar-refractivity contribution >= 4 is 5.82 Å². The van der Waals surface area contributed by atoms with Crippen molar-refractivity contribution < 1.29 is 0 Å². The molecule has 1 atom stereocenters. The Bertz CT molecular complexity index is 267. The van der Waals surface area contributed by atoms with Gasteiger partial charge in [-0.25, -0.2) is 0 Å². The molecule has 0 bridgehead atoms. The number of nitrogens with one attached hydrogen (secondary N) is 1. The fourth-order valence-electron chi connectivity index (χ4n) is 1.34. The minimum absolute atomic E-state index is 0.511. The van der Waals surface area contributed by atoms with E-state index in [1.54, 1.807) is 4.68 Å². The molecule has 0 spiro atoms. The quantitative estimate of drug-likeness (QED) is 0.740. The van der Waals surface area contributed by atoms with Crippen LogP contribution in [0.25, 0.3) is 0 Å². The van der Waals surface area contributed by atoms with Gasteiger partial charge < -0.3 is 11.1 Å². The number of rotatable bonds is 5. The van der Waals surface area contributed by atoms with Crippen molar-refractivity contribution in [3.8, 4) is 0 Å². The smallest absolute Gasteiger partial charge is 0.147 e. The molecular weight excluding hydrogens is 176 g/mol. The van der Waals surface area contributed by atoms with E-state index in [1.807, 2.05) is 19.3 Å². The zero-order valence-electron chi connectivity index (χ0n) is 9.20. The van der Waals surface area contributed by atoms with E-state index in [-0.39, 0.29) is 0 Å². The average Bonchev–Trinajstić information content (AvgIpc) is 2.52. The fraction of sp³-hybridized carbons (Fsp3) is 0.700. The first-order valence-corrected chi connectivity index (χ1v) is 5.07. The molecule has 0 aliphatic heterocycles. The number of nitrogens with zero attached hydrogens (tertiary/aromatic N) is 2. The Labute approximate surface area is 85.5 Å². The number of hydrogen-bond donors (Lipinski definition) is 2. The summed E-state index contributed by atoms with van der Waals surface area (Å²) in [5.41, 5.74) is 5.68. The molecule has 4 heteroatoms. The van der Waals surface area contributed by atoms with E-state index in [0.29, 0.717) is 11.8 Å². The van der Waals surface area contributed by atoms with Gasteiger partial charge in [-0.05, 0) is 18.4 Å². The molecule has 1 rings (SSSR count). The van der Waals surface area contributed by atoms with Crippen molar-refractivity contribution in [1.29, 1.82) is 0 Å². The van der Waals surface area contributed by atoms with E-state index in [2.05, 4.69) is 24.3 Å². The normalized spacial score (nSPS) is 13.2. The highest BCUT2D eigenvalue weighted by atomic mass is 15.3. The lowest BCUT2D eigenvalue weighted by molar-refractivity contribution is 0.413. The maximum absolute atomic E-state index is 5.68. The van der Waals surface area contributed by atoms with Crippen molar-refractivity contribution in [3.63, 3.8) is 0 Å². The molecule has 0 fully saturated rings. The van der Waals surface area contributed by atoms with Gasteiger partial charge in [-0.2, -0.15) is 5.10 Å². The first kappa shape index (κ1) is 11.0. The average molecular weight is 196 g/mol. The molecule has 0 aliphatic carbocycles. The molecule has 0 aromatic carbocycles. The molecule has 4 nitrogen and oxygen atoms in total. The SMILES string of the molecule is CC(C)C(CN)CNc1ccn(C)n1. The molecule has 1 aromatic rings. The van der Waals surface area contributed by atoms with Gasteiger partial charge in [-0.3, -0.25) is 4.68 Å². The third-order valence-electron chi connectivity index (χ3n) is 2.50. The molecule has 0 aliphatic rings. The van der Waals surface area contributed by atoms with Crippen molar-refractivity contribution in [2.24, 2.45) is 24.6 Å². The Hall–Kier alpha value is -1.03. The number of aromatic nitrogens is 2. The molecule has 0 amide bonds. The molecule has 1 unspecified atom stereocenters. The van der Waals surface area contributed by atoms with Crippen LogP contribution in [0.1, 0.15) is 13.8 Å². The topological polar surface area (TPSA) is 55.9 Å². The second-order valence-electron chi connectivity index (χ2n) is 4.00. The van der Waals surface area contributed by atoms with E-state index >= 15 is 0 Å². The van der Waals surface area contributed by atoms with Gasteiger partial charge in [0.05, 0.1) is 0 Å². The first-order valence-electron chi connectivity index (χ1n) is 5.07. The first-order chi connectivity index (χ1) is 6.63. The molecule has 3 N–H and O–H groups in total. The van der Waals surface area contributed by atoms with E-state index < -0.39 is 0 Å². The lowest BCUT2D eigenvalue weighted by Gasteiger charge is -2.18. The monoisotopic (exact) mass is 196 g/mol. The Balaban J connectivity index is 2.39. The molecule has 80 valence electrons. The summed E-state index contributed by atoms with van der Waals surface area (Å²) < 4.78 is 1.79. The summed E-state index contributed by atoms with van der Waals surface area (Å²) in [5, 5.41) is 7.53. The molecule has 1 aromatic heterocycles. The van der Waals surface area contributed by atoms with Crippen LogP contribution in [-0.4, -0.2) is 22.9 Å². The number of nitrogens with two attached hydrogens (primary N) is 1. The molecule has 0 saturated carbocycles. The number of hydrogen-bond acceptors (Lipinski definition) is 3. The molecule has 0 saturated heterocycles. The summed E-state index contributed by atoms with van der Waals surface area (Å²) in [6, 6.07) is 1.97. The van der Waals surface area contributed by atoms with Crippen LogP contribution in [0.4, 0.5) is 5.82 Å². The maximum Gasteiger partial charge on any atom is 0.147 e. The van der Waals surface area contributed by atoms with E-state index in [1.165, 1.54) is 0 Å². The number of aryl methyl sites for hydroxylation is 1. The maximum atomic E-state index is 5.68. The Morgan fingerprint density at radius 3 is 2.71 bits per heavy atom. The zero-order valence-corrected chi connectivity index (χ0v) is 9.20. The van der Waals surface area contributed by atoms with E-state index in [9.17, 15) is 0 Å². The second kappa shape index (κ2) is 5.00. The van der Waals surface area contributed by atoms with Gasteiger partial charge in [0.25, 0.3) is 0 Å². The Kier molecular flexibility index (Phi) is 3.95. The predicted molar refractivity (Wildman–Crippen MR) is 59.1 cm³/mol. The van der Waals surface area contributed by atoms with Crippen molar-refractivity contribution in [2.75, 3.05) is 18.4 Å². The van der Waals surface area contributed by atoms with Gasteiger partial charge in [0.2, 0.25) is 0 Å². The minimum atomic E-state index is 0.511. The summed E-state index contributed by atoms with van der Waals surface area (Å²) >= 11 is 0. The lowest BCUT2D eigenvalue weighted by Crippen LogP contribution is -2.27. The Morgan fingerprint density at radius 2 is 2.29 bits per heavy atom. The van der Waals surface area contributed by atoms with Gasteiger partial charge in [0.15, 0.2) is 0 Å². The standard InChI is InChI=1S/C10H20N4/c1-8(2)9(6-11)7-12-10-4-5-14(3)13-10/h4-5,8-9H,6-7,11H2,1-3H3,(H,12,13). The second-order valence-corrected chi connectivity index (χ2v) is 4.00. The van der Waals surface area contributed by atoms with Crippen molar-refractivity contribution in [3.05, 3.63) is 12.3 Å². The highest BCUT2D eigenvalue weighted by Crippen LogP contribution is 2.10. The van der Waals surface area contributed by atoms with Crippen LogP contribution in [0.3, 0.4) is 0 Å². The van der Waals surface area contributed by atoms with Crippen LogP contribution < -0.4 is 11.1 Å². The lowest BCUT2D eigenvalue weighted by atomic mass is 9.96. The van der Waals surface area contributed by atoms with Crippen LogP contribution in [0.2, 0.25) is 0 Å². The van der Waals surface area contributed by atoms with Crippen LogP contribution in [0.15, 0.2) is 12.3 Å². The summed E-state index contributed by atoms with van der Waals surface area (Å²) in [6.07, 6.45) is 1.93. The third-order valence-corrected chi connectivity index (χ3v) is 2.50. The highest BCUT2D eigenvalue weighted by Gasteiger charge is 2.11. The van der Waals surface area contributed by atoms with Gasteiger partial charge >= 0.3 is 0 Å². The summed E-state index contributed by atoms with van der Waals surface area (Å²) in [6.45, 7) is 6.00. The van der Waals surface area contributed by atoms with E-state index in [0.717, 1.165) is 18.9 Å². The van der Waals surface area contributed by atoms with Crippen LogP contribution in [0.5, 0.6) is 0 Å². The summed E-state index contributed by atoms with van der Waals surface area (Å²) in [5.74, 6) is 2.04. The highest BCUT2D eigenvalue weighted by molar-refractivity contribution is 5.31. The molecule has 14 heavy (non-hydrogen) atoms. The fourth-order valence-corrected chi connectivity index (χ4v) is 1.34. The van der Waals surface area contributed by atoms with Crippen molar-refractivity contribution in [2.45, 2.75) is 13.8 Å². The zero-order chi connectivity index (χ0) is 10.6. The third kappa shape index (κ3) is 3.03. The van der Waals surface area contributed by atoms with Gasteiger partial charge in [0, 0.05) is 25.9 Å². The molecule has 1 heterocycles. The predicted octanol–water partition coefficient (Wildman–Crippen LogP) is 1.06.